The van der Waals surface area contributed by atoms with Crippen LogP contribution in [0.2, 0.25) is 0 Å². The van der Waals surface area contributed by atoms with Gasteiger partial charge in [-0.3, -0.25) is 4.98 Å². The lowest BCUT2D eigenvalue weighted by Gasteiger charge is -2.57. The maximum absolute atomic E-state index is 4.34. The molecule has 1 nitrogen and oxygen atoms in total. The molecule has 15 heavy (non-hydrogen) atoms. The number of hydrogen-bond acceptors (Lipinski definition) is 1. The van der Waals surface area contributed by atoms with Crippen LogP contribution in [0.15, 0.2) is 19.0 Å². The minimum atomic E-state index is 0.495. The average Bonchev–Trinajstić information content (AvgIpc) is 2.27. The Morgan fingerprint density at radius 1 is 1.47 bits per heavy atom. The van der Waals surface area contributed by atoms with Crippen molar-refractivity contribution in [3.8, 4) is 0 Å². The van der Waals surface area contributed by atoms with Crippen LogP contribution < -0.4 is 0 Å². The largest absolute Gasteiger partial charge is 0.264 e. The van der Waals surface area contributed by atoms with Gasteiger partial charge in [0, 0.05) is 12.4 Å². The molecule has 1 fully saturated rings. The van der Waals surface area contributed by atoms with E-state index in [9.17, 15) is 0 Å². The summed E-state index contributed by atoms with van der Waals surface area (Å²) in [7, 11) is 0. The number of hydrogen-bond donors (Lipinski definition) is 0. The minimum absolute atomic E-state index is 0.495. The molecule has 1 heterocycles. The van der Waals surface area contributed by atoms with Crippen molar-refractivity contribution >= 4 is 6.08 Å². The molecule has 0 N–H and O–H groups in total. The molecule has 1 unspecified atom stereocenters. The van der Waals surface area contributed by atoms with E-state index in [4.69, 9.17) is 0 Å². The van der Waals surface area contributed by atoms with Crippen molar-refractivity contribution in [2.45, 2.75) is 32.6 Å². The van der Waals surface area contributed by atoms with Gasteiger partial charge in [0.25, 0.3) is 0 Å². The van der Waals surface area contributed by atoms with E-state index in [0.29, 0.717) is 5.41 Å². The highest BCUT2D eigenvalue weighted by Crippen LogP contribution is 2.62. The number of aromatic nitrogens is 1. The lowest BCUT2D eigenvalue weighted by molar-refractivity contribution is 0.0182. The summed E-state index contributed by atoms with van der Waals surface area (Å²) in [6.07, 6.45) is 8.56. The fourth-order valence-corrected chi connectivity index (χ4v) is 3.37. The predicted molar refractivity (Wildman–Crippen MR) is 62.7 cm³/mol. The van der Waals surface area contributed by atoms with Crippen LogP contribution in [0.25, 0.3) is 6.08 Å². The molecular formula is C14H17N. The molecule has 3 aliphatic rings. The van der Waals surface area contributed by atoms with E-state index in [1.54, 1.807) is 0 Å². The van der Waals surface area contributed by atoms with Crippen LogP contribution >= 0.6 is 0 Å². The third-order valence-electron chi connectivity index (χ3n) is 4.64. The number of rotatable bonds is 1. The third-order valence-corrected chi connectivity index (χ3v) is 4.64. The first-order valence-electron chi connectivity index (χ1n) is 5.73. The first-order valence-corrected chi connectivity index (χ1v) is 5.73. The first kappa shape index (κ1) is 9.14. The second-order valence-corrected chi connectivity index (χ2v) is 5.51. The van der Waals surface area contributed by atoms with Crippen molar-refractivity contribution in [1.29, 1.82) is 0 Å². The molecule has 1 saturated carbocycles. The van der Waals surface area contributed by atoms with Gasteiger partial charge in [-0.05, 0) is 46.8 Å². The Hall–Kier alpha value is -1.11. The van der Waals surface area contributed by atoms with Crippen LogP contribution in [0.1, 0.15) is 42.9 Å². The monoisotopic (exact) mass is 199 g/mol. The summed E-state index contributed by atoms with van der Waals surface area (Å²) >= 11 is 0. The molecule has 0 aliphatic heterocycles. The van der Waals surface area contributed by atoms with Crippen LogP contribution in [-0.2, 0) is 6.42 Å². The third kappa shape index (κ3) is 1.01. The lowest BCUT2D eigenvalue weighted by Crippen LogP contribution is -2.48. The summed E-state index contributed by atoms with van der Waals surface area (Å²) in [5.74, 6) is 1.61. The number of pyridine rings is 1. The first-order chi connectivity index (χ1) is 7.14. The highest BCUT2D eigenvalue weighted by molar-refractivity contribution is 5.56. The smallest absolute Gasteiger partial charge is 0.0343 e. The summed E-state index contributed by atoms with van der Waals surface area (Å²) in [5.41, 5.74) is 4.74. The zero-order valence-corrected chi connectivity index (χ0v) is 9.46. The van der Waals surface area contributed by atoms with Crippen molar-refractivity contribution in [3.05, 3.63) is 35.7 Å². The van der Waals surface area contributed by atoms with E-state index >= 15 is 0 Å². The fraction of sp³-hybridized carbons (Fsp3) is 0.500. The molecule has 1 aromatic heterocycles. The quantitative estimate of drug-likeness (QED) is 0.675. The maximum Gasteiger partial charge on any atom is 0.0343 e. The summed E-state index contributed by atoms with van der Waals surface area (Å²) in [5, 5.41) is 0. The van der Waals surface area contributed by atoms with Crippen molar-refractivity contribution < 1.29 is 0 Å². The van der Waals surface area contributed by atoms with E-state index < -0.39 is 0 Å². The normalized spacial score (nSPS) is 30.3. The van der Waals surface area contributed by atoms with Crippen LogP contribution in [0, 0.1) is 11.3 Å². The van der Waals surface area contributed by atoms with Gasteiger partial charge in [0.1, 0.15) is 0 Å². The molecule has 2 bridgehead atoms. The summed E-state index contributed by atoms with van der Waals surface area (Å²) in [4.78, 5) is 4.34. The van der Waals surface area contributed by atoms with Crippen LogP contribution in [0.5, 0.6) is 0 Å². The Morgan fingerprint density at radius 3 is 2.93 bits per heavy atom. The Labute approximate surface area is 91.2 Å². The molecule has 0 aromatic carbocycles. The number of nitrogens with zero attached hydrogens (tertiary/aromatic N) is 1. The molecule has 1 aromatic rings. The lowest BCUT2D eigenvalue weighted by atomic mass is 9.47. The maximum atomic E-state index is 4.34. The molecule has 0 spiro atoms. The summed E-state index contributed by atoms with van der Waals surface area (Å²) in [6.45, 7) is 8.67. The van der Waals surface area contributed by atoms with Gasteiger partial charge in [0.2, 0.25) is 0 Å². The van der Waals surface area contributed by atoms with Gasteiger partial charge in [-0.25, -0.2) is 0 Å². The SMILES string of the molecule is C=Cc1cncc2c1CC1C[C@H]2C1(C)C. The van der Waals surface area contributed by atoms with Crippen molar-refractivity contribution in [3.63, 3.8) is 0 Å². The van der Waals surface area contributed by atoms with E-state index in [1.807, 2.05) is 12.3 Å². The highest BCUT2D eigenvalue weighted by atomic mass is 14.7. The molecule has 0 amide bonds. The molecule has 4 rings (SSSR count). The van der Waals surface area contributed by atoms with E-state index in [-0.39, 0.29) is 0 Å². The average molecular weight is 199 g/mol. The second-order valence-electron chi connectivity index (χ2n) is 5.51. The van der Waals surface area contributed by atoms with Gasteiger partial charge >= 0.3 is 0 Å². The van der Waals surface area contributed by atoms with E-state index in [2.05, 4.69) is 31.6 Å². The Balaban J connectivity index is 2.16. The summed E-state index contributed by atoms with van der Waals surface area (Å²) in [6, 6.07) is 0. The molecule has 1 heteroatoms. The zero-order chi connectivity index (χ0) is 10.6. The highest BCUT2D eigenvalue weighted by Gasteiger charge is 2.52. The Morgan fingerprint density at radius 2 is 2.27 bits per heavy atom. The standard InChI is InChI=1S/C14H17N/c1-4-9-7-15-8-12-11(9)5-10-6-13(12)14(10,2)3/h4,7-8,10,13H,1,5-6H2,2-3H3/t10?,13-/m1/s1. The second kappa shape index (κ2) is 2.72. The predicted octanol–water partition coefficient (Wildman–Crippen LogP) is 3.41. The Kier molecular flexibility index (Phi) is 1.66. The Bertz CT molecular complexity index is 431. The van der Waals surface area contributed by atoms with Crippen molar-refractivity contribution in [2.75, 3.05) is 0 Å². The topological polar surface area (TPSA) is 12.9 Å². The summed E-state index contributed by atoms with van der Waals surface area (Å²) < 4.78 is 0. The van der Waals surface area contributed by atoms with Gasteiger partial charge in [0.15, 0.2) is 0 Å². The molecule has 2 atom stereocenters. The zero-order valence-electron chi connectivity index (χ0n) is 9.46. The molecule has 0 radical (unpaired) electrons. The van der Waals surface area contributed by atoms with Crippen LogP contribution in [0.3, 0.4) is 0 Å². The van der Waals surface area contributed by atoms with Crippen LogP contribution in [-0.4, -0.2) is 4.98 Å². The van der Waals surface area contributed by atoms with Crippen LogP contribution in [0.4, 0.5) is 0 Å². The van der Waals surface area contributed by atoms with Gasteiger partial charge in [0.05, 0.1) is 0 Å². The van der Waals surface area contributed by atoms with E-state index in [1.165, 1.54) is 29.5 Å². The molecule has 3 aliphatic carbocycles. The fourth-order valence-electron chi connectivity index (χ4n) is 3.37. The van der Waals surface area contributed by atoms with Gasteiger partial charge < -0.3 is 0 Å². The molecule has 78 valence electrons. The minimum Gasteiger partial charge on any atom is -0.264 e. The van der Waals surface area contributed by atoms with Crippen molar-refractivity contribution in [1.82, 2.24) is 4.98 Å². The molecule has 0 saturated heterocycles. The van der Waals surface area contributed by atoms with E-state index in [0.717, 1.165) is 11.8 Å². The van der Waals surface area contributed by atoms with Gasteiger partial charge in [-0.15, -0.1) is 0 Å². The molecular weight excluding hydrogens is 182 g/mol. The van der Waals surface area contributed by atoms with Gasteiger partial charge in [-0.1, -0.05) is 26.5 Å². The van der Waals surface area contributed by atoms with Gasteiger partial charge in [-0.2, -0.15) is 0 Å². The van der Waals surface area contributed by atoms with Crippen molar-refractivity contribution in [2.24, 2.45) is 11.3 Å².